The van der Waals surface area contributed by atoms with Crippen LogP contribution in [0.15, 0.2) is 18.2 Å². The van der Waals surface area contributed by atoms with Gasteiger partial charge in [0.05, 0.1) is 11.0 Å². The van der Waals surface area contributed by atoms with Gasteiger partial charge in [-0.1, -0.05) is 12.1 Å². The van der Waals surface area contributed by atoms with Crippen molar-refractivity contribution in [3.8, 4) is 0 Å². The normalized spacial score (nSPS) is 22.9. The smallest absolute Gasteiger partial charge is 0.272 e. The summed E-state index contributed by atoms with van der Waals surface area (Å²) in [4.78, 5) is 15.0. The van der Waals surface area contributed by atoms with Gasteiger partial charge in [0.25, 0.3) is 5.69 Å². The average Bonchev–Trinajstić information content (AvgIpc) is 2.70. The quantitative estimate of drug-likeness (QED) is 0.656. The number of aliphatic hydroxyl groups is 1. The first-order valence-corrected chi connectivity index (χ1v) is 7.18. The molecule has 0 radical (unpaired) electrons. The molecule has 1 aliphatic heterocycles. The van der Waals surface area contributed by atoms with Crippen molar-refractivity contribution in [1.29, 1.82) is 0 Å². The topological polar surface area (TPSA) is 69.8 Å². The summed E-state index contributed by atoms with van der Waals surface area (Å²) in [7, 11) is 4.03. The second-order valence-corrected chi connectivity index (χ2v) is 6.05. The third-order valence-corrected chi connectivity index (χ3v) is 4.07. The Kier molecular flexibility index (Phi) is 4.92. The molecule has 0 aromatic heterocycles. The zero-order valence-electron chi connectivity index (χ0n) is 12.8. The number of likely N-dealkylation sites (tertiary alicyclic amines) is 1. The molecule has 0 amide bonds. The fourth-order valence-corrected chi connectivity index (χ4v) is 3.02. The predicted molar refractivity (Wildman–Crippen MR) is 81.2 cm³/mol. The molecule has 0 saturated carbocycles. The molecule has 1 N–H and O–H groups in total. The van der Waals surface area contributed by atoms with E-state index in [9.17, 15) is 15.2 Å². The van der Waals surface area contributed by atoms with Crippen LogP contribution in [0.2, 0.25) is 0 Å². The SMILES string of the molecule is Cc1c(CN2CC(O)CC2CN(C)C)cccc1[N+](=O)[O-]. The first kappa shape index (κ1) is 15.9. The maximum absolute atomic E-state index is 11.0. The van der Waals surface area contributed by atoms with Crippen LogP contribution in [0.5, 0.6) is 0 Å². The Hall–Kier alpha value is -1.50. The Morgan fingerprint density at radius 1 is 1.48 bits per heavy atom. The van der Waals surface area contributed by atoms with Gasteiger partial charge in [-0.3, -0.25) is 15.0 Å². The molecule has 1 heterocycles. The molecule has 1 aromatic carbocycles. The Morgan fingerprint density at radius 2 is 2.19 bits per heavy atom. The molecular weight excluding hydrogens is 270 g/mol. The van der Waals surface area contributed by atoms with Crippen molar-refractivity contribution in [2.24, 2.45) is 0 Å². The molecule has 6 heteroatoms. The van der Waals surface area contributed by atoms with Crippen LogP contribution in [0, 0.1) is 17.0 Å². The first-order chi connectivity index (χ1) is 9.88. The second-order valence-electron chi connectivity index (χ2n) is 6.05. The van der Waals surface area contributed by atoms with Gasteiger partial charge in [-0.2, -0.15) is 0 Å². The van der Waals surface area contributed by atoms with Crippen LogP contribution in [-0.2, 0) is 6.54 Å². The molecule has 0 bridgehead atoms. The van der Waals surface area contributed by atoms with E-state index in [0.29, 0.717) is 18.7 Å². The van der Waals surface area contributed by atoms with Crippen molar-refractivity contribution in [3.63, 3.8) is 0 Å². The molecule has 6 nitrogen and oxygen atoms in total. The van der Waals surface area contributed by atoms with Crippen molar-refractivity contribution >= 4 is 5.69 Å². The Labute approximate surface area is 125 Å². The molecule has 0 spiro atoms. The van der Waals surface area contributed by atoms with Crippen molar-refractivity contribution in [2.45, 2.75) is 32.0 Å². The Morgan fingerprint density at radius 3 is 2.81 bits per heavy atom. The predicted octanol–water partition coefficient (Wildman–Crippen LogP) is 1.40. The van der Waals surface area contributed by atoms with Crippen LogP contribution in [0.4, 0.5) is 5.69 Å². The fourth-order valence-electron chi connectivity index (χ4n) is 3.02. The zero-order valence-corrected chi connectivity index (χ0v) is 12.8. The van der Waals surface area contributed by atoms with E-state index >= 15 is 0 Å². The maximum Gasteiger partial charge on any atom is 0.272 e. The van der Waals surface area contributed by atoms with Crippen LogP contribution in [0.1, 0.15) is 17.5 Å². The lowest BCUT2D eigenvalue weighted by Gasteiger charge is -2.27. The summed E-state index contributed by atoms with van der Waals surface area (Å²) >= 11 is 0. The molecule has 116 valence electrons. The van der Waals surface area contributed by atoms with Gasteiger partial charge in [-0.25, -0.2) is 0 Å². The van der Waals surface area contributed by atoms with Crippen molar-refractivity contribution in [2.75, 3.05) is 27.2 Å². The van der Waals surface area contributed by atoms with Crippen molar-refractivity contribution < 1.29 is 10.0 Å². The number of nitrogens with zero attached hydrogens (tertiary/aromatic N) is 3. The minimum absolute atomic E-state index is 0.163. The van der Waals surface area contributed by atoms with Gasteiger partial charge in [-0.05, 0) is 33.0 Å². The van der Waals surface area contributed by atoms with Gasteiger partial charge >= 0.3 is 0 Å². The summed E-state index contributed by atoms with van der Waals surface area (Å²) < 4.78 is 0. The summed E-state index contributed by atoms with van der Waals surface area (Å²) in [6.07, 6.45) is 0.445. The van der Waals surface area contributed by atoms with Gasteiger partial charge in [-0.15, -0.1) is 0 Å². The van der Waals surface area contributed by atoms with E-state index in [0.717, 1.165) is 18.5 Å². The van der Waals surface area contributed by atoms with Crippen LogP contribution < -0.4 is 0 Å². The molecule has 21 heavy (non-hydrogen) atoms. The van der Waals surface area contributed by atoms with Crippen LogP contribution in [0.3, 0.4) is 0 Å². The summed E-state index contributed by atoms with van der Waals surface area (Å²) in [5.41, 5.74) is 1.84. The number of hydrogen-bond acceptors (Lipinski definition) is 5. The number of benzene rings is 1. The number of aliphatic hydroxyl groups excluding tert-OH is 1. The number of likely N-dealkylation sites (N-methyl/N-ethyl adjacent to an activating group) is 1. The van der Waals surface area contributed by atoms with Gasteiger partial charge in [0.2, 0.25) is 0 Å². The third kappa shape index (κ3) is 3.78. The summed E-state index contributed by atoms with van der Waals surface area (Å²) in [6.45, 7) is 3.94. The van der Waals surface area contributed by atoms with Crippen molar-refractivity contribution in [1.82, 2.24) is 9.80 Å². The van der Waals surface area contributed by atoms with E-state index in [-0.39, 0.29) is 22.8 Å². The molecule has 1 aliphatic rings. The van der Waals surface area contributed by atoms with E-state index < -0.39 is 0 Å². The number of nitro benzene ring substituents is 1. The van der Waals surface area contributed by atoms with E-state index in [1.165, 1.54) is 6.07 Å². The zero-order chi connectivity index (χ0) is 15.6. The molecule has 2 atom stereocenters. The Balaban J connectivity index is 2.17. The summed E-state index contributed by atoms with van der Waals surface area (Å²) in [5.74, 6) is 0. The van der Waals surface area contributed by atoms with Crippen LogP contribution >= 0.6 is 0 Å². The molecule has 1 saturated heterocycles. The number of rotatable bonds is 5. The molecule has 1 fully saturated rings. The van der Waals surface area contributed by atoms with Gasteiger partial charge in [0.15, 0.2) is 0 Å². The first-order valence-electron chi connectivity index (χ1n) is 7.18. The molecule has 2 unspecified atom stereocenters. The standard InChI is InChI=1S/C15H23N3O3/c1-11-12(5-4-6-15(11)18(20)21)8-17-10-14(19)7-13(17)9-16(2)3/h4-6,13-14,19H,7-10H2,1-3H3. The lowest BCUT2D eigenvalue weighted by atomic mass is 10.1. The van der Waals surface area contributed by atoms with Crippen LogP contribution in [0.25, 0.3) is 0 Å². The number of β-amino-alcohol motifs (C(OH)–C–C–N with tert-alkyl or cyclic N) is 1. The lowest BCUT2D eigenvalue weighted by Crippen LogP contribution is -2.37. The van der Waals surface area contributed by atoms with Gasteiger partial charge in [0, 0.05) is 37.3 Å². The Bertz CT molecular complexity index is 519. The number of hydrogen-bond donors (Lipinski definition) is 1. The highest BCUT2D eigenvalue weighted by Gasteiger charge is 2.31. The fraction of sp³-hybridized carbons (Fsp3) is 0.600. The lowest BCUT2D eigenvalue weighted by molar-refractivity contribution is -0.385. The minimum atomic E-state index is -0.338. The third-order valence-electron chi connectivity index (χ3n) is 4.07. The van der Waals surface area contributed by atoms with E-state index in [2.05, 4.69) is 9.80 Å². The van der Waals surface area contributed by atoms with Gasteiger partial charge < -0.3 is 10.0 Å². The molecule has 2 rings (SSSR count). The second kappa shape index (κ2) is 6.51. The molecule has 1 aromatic rings. The molecule has 0 aliphatic carbocycles. The summed E-state index contributed by atoms with van der Waals surface area (Å²) in [6, 6.07) is 5.48. The number of nitro groups is 1. The van der Waals surface area contributed by atoms with Crippen molar-refractivity contribution in [3.05, 3.63) is 39.4 Å². The average molecular weight is 293 g/mol. The van der Waals surface area contributed by atoms with E-state index in [1.54, 1.807) is 13.0 Å². The van der Waals surface area contributed by atoms with E-state index in [4.69, 9.17) is 0 Å². The highest BCUT2D eigenvalue weighted by atomic mass is 16.6. The van der Waals surface area contributed by atoms with E-state index in [1.807, 2.05) is 20.2 Å². The van der Waals surface area contributed by atoms with Crippen LogP contribution in [-0.4, -0.2) is 59.2 Å². The largest absolute Gasteiger partial charge is 0.392 e. The maximum atomic E-state index is 11.0. The summed E-state index contributed by atoms with van der Waals surface area (Å²) in [5, 5.41) is 20.9. The minimum Gasteiger partial charge on any atom is -0.392 e. The van der Waals surface area contributed by atoms with Gasteiger partial charge in [0.1, 0.15) is 0 Å². The monoisotopic (exact) mass is 293 g/mol. The highest BCUT2D eigenvalue weighted by Crippen LogP contribution is 2.26. The molecular formula is C15H23N3O3. The highest BCUT2D eigenvalue weighted by molar-refractivity contribution is 5.44.